The van der Waals surface area contributed by atoms with Gasteiger partial charge in [-0.05, 0) is 58.7 Å². The van der Waals surface area contributed by atoms with Gasteiger partial charge in [-0.25, -0.2) is 4.39 Å². The van der Waals surface area contributed by atoms with Crippen LogP contribution in [0.4, 0.5) is 4.39 Å². The zero-order valence-electron chi connectivity index (χ0n) is 12.2. The van der Waals surface area contributed by atoms with Crippen molar-refractivity contribution in [2.24, 2.45) is 0 Å². The highest BCUT2D eigenvalue weighted by Crippen LogP contribution is 2.29. The average molecular weight is 352 g/mol. The van der Waals surface area contributed by atoms with Crippen molar-refractivity contribution in [3.05, 3.63) is 63.9 Å². The number of halogens is 2. The molecule has 0 aliphatic rings. The molecule has 2 aromatic rings. The predicted molar refractivity (Wildman–Crippen MR) is 87.5 cm³/mol. The van der Waals surface area contributed by atoms with Crippen molar-refractivity contribution in [1.82, 2.24) is 5.32 Å². The molecule has 0 amide bonds. The van der Waals surface area contributed by atoms with E-state index in [1.54, 1.807) is 13.2 Å². The minimum Gasteiger partial charge on any atom is -0.496 e. The summed E-state index contributed by atoms with van der Waals surface area (Å²) in [5.74, 6) is 0.747. The van der Waals surface area contributed by atoms with E-state index in [4.69, 9.17) is 4.74 Å². The number of hydrogen-bond acceptors (Lipinski definition) is 2. The lowest BCUT2D eigenvalue weighted by Crippen LogP contribution is -2.20. The van der Waals surface area contributed by atoms with E-state index >= 15 is 0 Å². The van der Waals surface area contributed by atoms with Crippen molar-refractivity contribution in [3.8, 4) is 5.75 Å². The molecule has 1 unspecified atom stereocenters. The van der Waals surface area contributed by atoms with Crippen LogP contribution in [0.5, 0.6) is 5.75 Å². The van der Waals surface area contributed by atoms with Crippen molar-refractivity contribution in [2.75, 3.05) is 20.7 Å². The van der Waals surface area contributed by atoms with Gasteiger partial charge in [-0.3, -0.25) is 0 Å². The van der Waals surface area contributed by atoms with E-state index in [-0.39, 0.29) is 11.7 Å². The summed E-state index contributed by atoms with van der Waals surface area (Å²) < 4.78 is 20.2. The van der Waals surface area contributed by atoms with Gasteiger partial charge in [0.2, 0.25) is 0 Å². The van der Waals surface area contributed by atoms with Gasteiger partial charge in [0.15, 0.2) is 0 Å². The summed E-state index contributed by atoms with van der Waals surface area (Å²) in [5.41, 5.74) is 1.89. The van der Waals surface area contributed by atoms with E-state index in [9.17, 15) is 4.39 Å². The lowest BCUT2D eigenvalue weighted by atomic mass is 9.91. The first-order valence-corrected chi connectivity index (χ1v) is 7.66. The summed E-state index contributed by atoms with van der Waals surface area (Å²) in [6.45, 7) is 0.727. The van der Waals surface area contributed by atoms with Gasteiger partial charge >= 0.3 is 0 Å². The Morgan fingerprint density at radius 2 is 2.00 bits per heavy atom. The zero-order chi connectivity index (χ0) is 15.2. The van der Waals surface area contributed by atoms with Gasteiger partial charge in [0, 0.05) is 12.5 Å². The van der Waals surface area contributed by atoms with Gasteiger partial charge in [0.05, 0.1) is 11.6 Å². The maximum Gasteiger partial charge on any atom is 0.133 e. The lowest BCUT2D eigenvalue weighted by molar-refractivity contribution is 0.412. The molecule has 1 atom stereocenters. The molecule has 0 radical (unpaired) electrons. The first-order chi connectivity index (χ1) is 10.2. The number of nitrogens with one attached hydrogen (secondary N) is 1. The number of hydrogen-bond donors (Lipinski definition) is 1. The van der Waals surface area contributed by atoms with E-state index in [1.807, 2.05) is 37.4 Å². The molecular weight excluding hydrogens is 333 g/mol. The molecule has 0 aliphatic heterocycles. The Balaban J connectivity index is 2.24. The van der Waals surface area contributed by atoms with Crippen LogP contribution in [0.2, 0.25) is 0 Å². The van der Waals surface area contributed by atoms with Gasteiger partial charge in [0.25, 0.3) is 0 Å². The Labute approximate surface area is 133 Å². The molecule has 0 saturated heterocycles. The van der Waals surface area contributed by atoms with E-state index in [2.05, 4.69) is 21.2 Å². The van der Waals surface area contributed by atoms with Crippen molar-refractivity contribution >= 4 is 15.9 Å². The summed E-state index contributed by atoms with van der Waals surface area (Å²) in [6.07, 6.45) is 0.768. The Kier molecular flexibility index (Phi) is 5.76. The molecule has 112 valence electrons. The molecule has 0 heterocycles. The highest BCUT2D eigenvalue weighted by atomic mass is 79.9. The lowest BCUT2D eigenvalue weighted by Gasteiger charge is -2.18. The van der Waals surface area contributed by atoms with Crippen LogP contribution in [-0.4, -0.2) is 20.7 Å². The third kappa shape index (κ3) is 4.05. The van der Waals surface area contributed by atoms with Gasteiger partial charge in [0.1, 0.15) is 11.6 Å². The summed E-state index contributed by atoms with van der Waals surface area (Å²) in [5, 5.41) is 3.15. The van der Waals surface area contributed by atoms with E-state index < -0.39 is 0 Å². The van der Waals surface area contributed by atoms with Crippen molar-refractivity contribution in [3.63, 3.8) is 0 Å². The summed E-state index contributed by atoms with van der Waals surface area (Å²) in [7, 11) is 3.53. The first kappa shape index (κ1) is 16.0. The van der Waals surface area contributed by atoms with Crippen LogP contribution in [0.25, 0.3) is 0 Å². The van der Waals surface area contributed by atoms with Crippen molar-refractivity contribution < 1.29 is 9.13 Å². The van der Waals surface area contributed by atoms with Crippen LogP contribution in [0, 0.1) is 5.82 Å². The molecule has 1 N–H and O–H groups in total. The van der Waals surface area contributed by atoms with Crippen LogP contribution in [0.15, 0.2) is 46.9 Å². The number of methoxy groups -OCH3 is 1. The van der Waals surface area contributed by atoms with Crippen LogP contribution < -0.4 is 10.1 Å². The summed E-state index contributed by atoms with van der Waals surface area (Å²) in [4.78, 5) is 0. The standard InChI is InChI=1S/C17H19BrFNO/c1-20-11-13(14-5-3-4-6-16(14)19)9-12-7-8-17(21-2)15(18)10-12/h3-8,10,13,20H,9,11H2,1-2H3. The largest absolute Gasteiger partial charge is 0.496 e. The molecule has 0 spiro atoms. The van der Waals surface area contributed by atoms with Gasteiger partial charge in [-0.2, -0.15) is 0 Å². The molecule has 2 aromatic carbocycles. The molecule has 0 aromatic heterocycles. The molecule has 0 bridgehead atoms. The maximum absolute atomic E-state index is 14.0. The third-order valence-corrected chi connectivity index (χ3v) is 4.11. The molecule has 0 aliphatic carbocycles. The smallest absolute Gasteiger partial charge is 0.133 e. The normalized spacial score (nSPS) is 12.2. The topological polar surface area (TPSA) is 21.3 Å². The molecular formula is C17H19BrFNO. The Morgan fingerprint density at radius 1 is 1.24 bits per heavy atom. The second kappa shape index (κ2) is 7.57. The number of benzene rings is 2. The molecule has 0 fully saturated rings. The number of likely N-dealkylation sites (N-methyl/N-ethyl adjacent to an activating group) is 1. The van der Waals surface area contributed by atoms with Crippen LogP contribution in [0.1, 0.15) is 17.0 Å². The van der Waals surface area contributed by atoms with Crippen LogP contribution in [0.3, 0.4) is 0 Å². The Hall–Kier alpha value is -1.39. The highest BCUT2D eigenvalue weighted by molar-refractivity contribution is 9.10. The highest BCUT2D eigenvalue weighted by Gasteiger charge is 2.16. The summed E-state index contributed by atoms with van der Waals surface area (Å²) >= 11 is 3.49. The minimum absolute atomic E-state index is 0.0940. The van der Waals surface area contributed by atoms with E-state index in [0.29, 0.717) is 0 Å². The van der Waals surface area contributed by atoms with Crippen LogP contribution in [-0.2, 0) is 6.42 Å². The fourth-order valence-corrected chi connectivity index (χ4v) is 3.05. The first-order valence-electron chi connectivity index (χ1n) is 6.87. The second-order valence-electron chi connectivity index (χ2n) is 4.95. The molecule has 2 nitrogen and oxygen atoms in total. The van der Waals surface area contributed by atoms with Gasteiger partial charge in [-0.1, -0.05) is 24.3 Å². The third-order valence-electron chi connectivity index (χ3n) is 3.49. The quantitative estimate of drug-likeness (QED) is 0.844. The Bertz CT molecular complexity index is 603. The van der Waals surface area contributed by atoms with E-state index in [0.717, 1.165) is 34.3 Å². The number of rotatable bonds is 6. The summed E-state index contributed by atoms with van der Waals surface area (Å²) in [6, 6.07) is 13.0. The predicted octanol–water partition coefficient (Wildman–Crippen LogP) is 4.14. The van der Waals surface area contributed by atoms with E-state index in [1.165, 1.54) is 6.07 Å². The fourth-order valence-electron chi connectivity index (χ4n) is 2.47. The van der Waals surface area contributed by atoms with Crippen molar-refractivity contribution in [1.29, 1.82) is 0 Å². The average Bonchev–Trinajstić information content (AvgIpc) is 2.47. The Morgan fingerprint density at radius 3 is 2.62 bits per heavy atom. The molecule has 21 heavy (non-hydrogen) atoms. The molecule has 2 rings (SSSR count). The minimum atomic E-state index is -0.148. The molecule has 4 heteroatoms. The fraction of sp³-hybridized carbons (Fsp3) is 0.294. The van der Waals surface area contributed by atoms with Crippen LogP contribution >= 0.6 is 15.9 Å². The maximum atomic E-state index is 14.0. The number of ether oxygens (including phenoxy) is 1. The van der Waals surface area contributed by atoms with Gasteiger partial charge < -0.3 is 10.1 Å². The zero-order valence-corrected chi connectivity index (χ0v) is 13.8. The molecule has 0 saturated carbocycles. The SMILES string of the molecule is CNCC(Cc1ccc(OC)c(Br)c1)c1ccccc1F. The van der Waals surface area contributed by atoms with Crippen molar-refractivity contribution in [2.45, 2.75) is 12.3 Å². The second-order valence-corrected chi connectivity index (χ2v) is 5.80. The van der Waals surface area contributed by atoms with Gasteiger partial charge in [-0.15, -0.1) is 0 Å². The monoisotopic (exact) mass is 351 g/mol.